The predicted octanol–water partition coefficient (Wildman–Crippen LogP) is 5.47. The number of rotatable bonds is 11. The summed E-state index contributed by atoms with van der Waals surface area (Å²) in [6, 6.07) is 3.61. The third kappa shape index (κ3) is 5.52. The molecule has 0 spiro atoms. The van der Waals surface area contributed by atoms with Crippen LogP contribution in [0, 0.1) is 19.7 Å². The number of halogens is 1. The van der Waals surface area contributed by atoms with Gasteiger partial charge in [0.25, 0.3) is 0 Å². The molecule has 0 saturated heterocycles. The van der Waals surface area contributed by atoms with Gasteiger partial charge in [0.05, 0.1) is 0 Å². The minimum absolute atomic E-state index is 0.312. The van der Waals surface area contributed by atoms with E-state index in [1.165, 1.54) is 55.5 Å². The van der Waals surface area contributed by atoms with Crippen LogP contribution in [-0.2, 0) is 0 Å². The topological polar surface area (TPSA) is 43.6 Å². The molecule has 0 atom stereocenters. The summed E-state index contributed by atoms with van der Waals surface area (Å²) in [6.07, 6.45) is 7.43. The predicted molar refractivity (Wildman–Crippen MR) is 113 cm³/mol. The third-order valence-electron chi connectivity index (χ3n) is 5.47. The first-order chi connectivity index (χ1) is 13.0. The number of hydrogen-bond acceptors (Lipinski definition) is 3. The van der Waals surface area contributed by atoms with Gasteiger partial charge in [0.2, 0.25) is 0 Å². The number of nitrogens with zero attached hydrogens (tertiary/aromatic N) is 4. The van der Waals surface area contributed by atoms with Crippen LogP contribution in [0.5, 0.6) is 0 Å². The first-order valence-electron chi connectivity index (χ1n) is 10.5. The van der Waals surface area contributed by atoms with E-state index < -0.39 is 18.4 Å². The van der Waals surface area contributed by atoms with Crippen molar-refractivity contribution < 1.29 is 4.39 Å². The molecule has 0 aliphatic carbocycles. The maximum atomic E-state index is 14.7. The molecule has 2 heterocycles. The zero-order valence-electron chi connectivity index (χ0n) is 17.7. The summed E-state index contributed by atoms with van der Waals surface area (Å²) >= 11 is -2.69. The van der Waals surface area contributed by atoms with E-state index in [2.05, 4.69) is 30.9 Å². The number of hydrogen-bond donors (Lipinski definition) is 0. The molecule has 27 heavy (non-hydrogen) atoms. The van der Waals surface area contributed by atoms with Crippen LogP contribution in [0.4, 0.5) is 4.39 Å². The molecule has 6 heteroatoms. The Morgan fingerprint density at radius 3 is 1.89 bits per heavy atom. The Balaban J connectivity index is 2.53. The van der Waals surface area contributed by atoms with Gasteiger partial charge in [-0.05, 0) is 0 Å². The molecule has 0 N–H and O–H groups in total. The molecule has 0 aliphatic rings. The molecule has 0 fully saturated rings. The fraction of sp³-hybridized carbons (Fsp3) is 0.667. The van der Waals surface area contributed by atoms with E-state index in [1.54, 1.807) is 10.7 Å². The van der Waals surface area contributed by atoms with E-state index in [4.69, 9.17) is 4.98 Å². The average molecular weight is 481 g/mol. The van der Waals surface area contributed by atoms with Crippen LogP contribution in [0.25, 0.3) is 5.82 Å². The number of aryl methyl sites for hydroxylation is 2. The van der Waals surface area contributed by atoms with E-state index >= 15 is 0 Å². The summed E-state index contributed by atoms with van der Waals surface area (Å²) in [5, 5.41) is 4.38. The molecule has 150 valence electrons. The van der Waals surface area contributed by atoms with Gasteiger partial charge in [0.1, 0.15) is 0 Å². The van der Waals surface area contributed by atoms with E-state index in [9.17, 15) is 4.39 Å². The van der Waals surface area contributed by atoms with Gasteiger partial charge < -0.3 is 0 Å². The third-order valence-corrected chi connectivity index (χ3v) is 20.6. The Bertz CT molecular complexity index is 707. The van der Waals surface area contributed by atoms with E-state index in [0.717, 1.165) is 0 Å². The van der Waals surface area contributed by atoms with Gasteiger partial charge in [-0.15, -0.1) is 0 Å². The molecule has 0 saturated carbocycles. The molecule has 0 bridgehead atoms. The van der Waals surface area contributed by atoms with Gasteiger partial charge in [0, 0.05) is 0 Å². The second kappa shape index (κ2) is 10.5. The van der Waals surface area contributed by atoms with Gasteiger partial charge in [-0.3, -0.25) is 0 Å². The Kier molecular flexibility index (Phi) is 8.70. The monoisotopic (exact) mass is 482 g/mol. The van der Waals surface area contributed by atoms with Gasteiger partial charge in [0.15, 0.2) is 0 Å². The molecule has 0 unspecified atom stereocenters. The van der Waals surface area contributed by atoms with Crippen molar-refractivity contribution in [3.63, 3.8) is 0 Å². The maximum absolute atomic E-state index is 14.7. The summed E-state index contributed by atoms with van der Waals surface area (Å²) < 4.78 is 21.4. The fourth-order valence-corrected chi connectivity index (χ4v) is 19.3. The van der Waals surface area contributed by atoms with Gasteiger partial charge in [-0.1, -0.05) is 0 Å². The van der Waals surface area contributed by atoms with Crippen LogP contribution in [0.15, 0.2) is 12.1 Å². The number of aromatic nitrogens is 4. The van der Waals surface area contributed by atoms with Crippen molar-refractivity contribution in [1.82, 2.24) is 19.7 Å². The first-order valence-corrected chi connectivity index (χ1v) is 18.0. The molecular weight excluding hydrogens is 446 g/mol. The van der Waals surface area contributed by atoms with E-state index in [1.807, 2.05) is 19.9 Å². The second-order valence-electron chi connectivity index (χ2n) is 7.71. The molecule has 0 radical (unpaired) electrons. The normalized spacial score (nSPS) is 11.9. The summed E-state index contributed by atoms with van der Waals surface area (Å²) in [5.74, 6) is 1.36. The summed E-state index contributed by atoms with van der Waals surface area (Å²) in [6.45, 7) is 10.5. The van der Waals surface area contributed by atoms with Crippen molar-refractivity contribution in [1.29, 1.82) is 0 Å². The van der Waals surface area contributed by atoms with E-state index in [0.29, 0.717) is 17.5 Å². The van der Waals surface area contributed by atoms with Crippen LogP contribution in [0.1, 0.15) is 70.9 Å². The van der Waals surface area contributed by atoms with Crippen LogP contribution >= 0.6 is 0 Å². The van der Waals surface area contributed by atoms with Crippen LogP contribution in [0.2, 0.25) is 13.3 Å². The van der Waals surface area contributed by atoms with Gasteiger partial charge in [-0.25, -0.2) is 0 Å². The van der Waals surface area contributed by atoms with Gasteiger partial charge in [-0.2, -0.15) is 0 Å². The number of pyridine rings is 1. The molecule has 4 nitrogen and oxygen atoms in total. The van der Waals surface area contributed by atoms with Gasteiger partial charge >= 0.3 is 168 Å². The molecule has 2 aromatic rings. The van der Waals surface area contributed by atoms with E-state index in [-0.39, 0.29) is 5.82 Å². The summed E-state index contributed by atoms with van der Waals surface area (Å²) in [5.41, 5.74) is 0. The Hall–Kier alpha value is -0.981. The summed E-state index contributed by atoms with van der Waals surface area (Å²) in [7, 11) is 0. The van der Waals surface area contributed by atoms with Crippen molar-refractivity contribution in [3.05, 3.63) is 29.6 Å². The van der Waals surface area contributed by atoms with Crippen molar-refractivity contribution in [2.75, 3.05) is 0 Å². The Labute approximate surface area is 167 Å². The minimum atomic E-state index is -2.69. The second-order valence-corrected chi connectivity index (χ2v) is 20.8. The molecular formula is C21H35FN4Sn. The van der Waals surface area contributed by atoms with Crippen LogP contribution < -0.4 is 3.71 Å². The van der Waals surface area contributed by atoms with Crippen molar-refractivity contribution in [2.24, 2.45) is 0 Å². The Morgan fingerprint density at radius 1 is 0.889 bits per heavy atom. The molecule has 0 aliphatic heterocycles. The molecule has 2 rings (SSSR count). The van der Waals surface area contributed by atoms with Crippen molar-refractivity contribution >= 4 is 22.1 Å². The zero-order valence-corrected chi connectivity index (χ0v) is 20.5. The fourth-order valence-electron chi connectivity index (χ4n) is 3.90. The van der Waals surface area contributed by atoms with Crippen LogP contribution in [0.3, 0.4) is 0 Å². The standard InChI is InChI=1S/C9H8FN4.3C4H9.Sn/c1-6-12-7(2)14(13-6)9-8(10)4-3-5-11-9;3*1-3-4-2;/h3-4H,1-2H3;3*1,3-4H2,2H3;. The SMILES string of the molecule is CCC[CH2][Sn]([CH2]CCC)([CH2]CCC)[c]1ccc(F)c(-n2nc(C)nc2C)n1. The first kappa shape index (κ1) is 22.3. The molecule has 0 amide bonds. The van der Waals surface area contributed by atoms with Crippen molar-refractivity contribution in [3.8, 4) is 5.82 Å². The summed E-state index contributed by atoms with van der Waals surface area (Å²) in [4.78, 5) is 9.26. The molecule has 2 aromatic heterocycles. The number of unbranched alkanes of at least 4 members (excludes halogenated alkanes) is 3. The van der Waals surface area contributed by atoms with Crippen molar-refractivity contribution in [2.45, 2.75) is 86.5 Å². The average Bonchev–Trinajstić information content (AvgIpc) is 3.00. The Morgan fingerprint density at radius 2 is 1.44 bits per heavy atom. The molecule has 0 aromatic carbocycles. The van der Waals surface area contributed by atoms with Crippen LogP contribution in [-0.4, -0.2) is 38.1 Å². The quantitative estimate of drug-likeness (QED) is 0.400. The zero-order chi connectivity index (χ0) is 19.9.